The standard InChI is InChI=1S/C24H33N5O2/c1-7-17-11-18(10-16(6)21(17)30-14-15(4)5)22-28-24(31-29-22)19-12-20(25-8-2)23(26-9-3)27-13-19/h10-13,15,25H,7-9,14H2,1-6H3,(H,26,27). The molecule has 2 heterocycles. The summed E-state index contributed by atoms with van der Waals surface area (Å²) in [4.78, 5) is 9.16. The van der Waals surface area contributed by atoms with Gasteiger partial charge in [-0.1, -0.05) is 25.9 Å². The largest absolute Gasteiger partial charge is 0.493 e. The molecule has 2 N–H and O–H groups in total. The van der Waals surface area contributed by atoms with Crippen LogP contribution in [-0.4, -0.2) is 34.8 Å². The number of nitrogens with zero attached hydrogens (tertiary/aromatic N) is 3. The number of aryl methyl sites for hydroxylation is 2. The summed E-state index contributed by atoms with van der Waals surface area (Å²) in [7, 11) is 0. The maximum Gasteiger partial charge on any atom is 0.259 e. The fraction of sp³-hybridized carbons (Fsp3) is 0.458. The summed E-state index contributed by atoms with van der Waals surface area (Å²) in [5.74, 6) is 3.25. The summed E-state index contributed by atoms with van der Waals surface area (Å²) >= 11 is 0. The van der Waals surface area contributed by atoms with Crippen LogP contribution in [0, 0.1) is 12.8 Å². The Morgan fingerprint density at radius 2 is 1.81 bits per heavy atom. The zero-order valence-electron chi connectivity index (χ0n) is 19.4. The van der Waals surface area contributed by atoms with Crippen LogP contribution >= 0.6 is 0 Å². The monoisotopic (exact) mass is 423 g/mol. The van der Waals surface area contributed by atoms with E-state index in [-0.39, 0.29) is 0 Å². The van der Waals surface area contributed by atoms with Gasteiger partial charge in [0.25, 0.3) is 5.89 Å². The van der Waals surface area contributed by atoms with Crippen LogP contribution < -0.4 is 15.4 Å². The molecule has 0 amide bonds. The van der Waals surface area contributed by atoms with E-state index in [4.69, 9.17) is 9.26 Å². The molecule has 0 spiro atoms. The van der Waals surface area contributed by atoms with Crippen LogP contribution in [0.25, 0.3) is 22.8 Å². The van der Waals surface area contributed by atoms with Crippen LogP contribution in [-0.2, 0) is 6.42 Å². The van der Waals surface area contributed by atoms with Gasteiger partial charge in [0.2, 0.25) is 5.82 Å². The Morgan fingerprint density at radius 3 is 2.48 bits per heavy atom. The third-order valence-corrected chi connectivity index (χ3v) is 4.82. The molecule has 3 aromatic rings. The van der Waals surface area contributed by atoms with E-state index in [0.717, 1.165) is 59.0 Å². The van der Waals surface area contributed by atoms with Crippen molar-refractivity contribution in [1.29, 1.82) is 0 Å². The highest BCUT2D eigenvalue weighted by Crippen LogP contribution is 2.32. The molecule has 0 unspecified atom stereocenters. The minimum Gasteiger partial charge on any atom is -0.493 e. The van der Waals surface area contributed by atoms with E-state index < -0.39 is 0 Å². The first kappa shape index (κ1) is 22.6. The maximum absolute atomic E-state index is 6.07. The molecule has 0 saturated heterocycles. The van der Waals surface area contributed by atoms with Crippen molar-refractivity contribution in [2.75, 3.05) is 30.3 Å². The minimum atomic E-state index is 0.445. The Balaban J connectivity index is 1.91. The number of anilines is 2. The lowest BCUT2D eigenvalue weighted by molar-refractivity contribution is 0.267. The van der Waals surface area contributed by atoms with Crippen LogP contribution in [0.2, 0.25) is 0 Å². The smallest absolute Gasteiger partial charge is 0.259 e. The normalized spacial score (nSPS) is 11.1. The predicted molar refractivity (Wildman–Crippen MR) is 126 cm³/mol. The molecule has 0 saturated carbocycles. The first-order chi connectivity index (χ1) is 15.0. The van der Waals surface area contributed by atoms with Gasteiger partial charge in [-0.15, -0.1) is 0 Å². The summed E-state index contributed by atoms with van der Waals surface area (Å²) in [5, 5.41) is 10.8. The van der Waals surface area contributed by atoms with Gasteiger partial charge in [-0.2, -0.15) is 4.98 Å². The lowest BCUT2D eigenvalue weighted by Gasteiger charge is -2.16. The summed E-state index contributed by atoms with van der Waals surface area (Å²) < 4.78 is 11.6. The molecule has 166 valence electrons. The molecule has 0 fully saturated rings. The van der Waals surface area contributed by atoms with E-state index in [1.54, 1.807) is 6.20 Å². The zero-order chi connectivity index (χ0) is 22.4. The van der Waals surface area contributed by atoms with Gasteiger partial charge in [0.15, 0.2) is 0 Å². The Morgan fingerprint density at radius 1 is 1.03 bits per heavy atom. The molecule has 7 nitrogen and oxygen atoms in total. The molecule has 7 heteroatoms. The van der Waals surface area contributed by atoms with Crippen molar-refractivity contribution in [2.24, 2.45) is 5.92 Å². The number of pyridine rings is 1. The van der Waals surface area contributed by atoms with Crippen molar-refractivity contribution >= 4 is 11.5 Å². The average molecular weight is 424 g/mol. The first-order valence-corrected chi connectivity index (χ1v) is 11.0. The Kier molecular flexibility index (Phi) is 7.50. The van der Waals surface area contributed by atoms with E-state index in [2.05, 4.69) is 72.5 Å². The zero-order valence-corrected chi connectivity index (χ0v) is 19.4. The topological polar surface area (TPSA) is 85.1 Å². The second kappa shape index (κ2) is 10.3. The highest BCUT2D eigenvalue weighted by Gasteiger charge is 2.16. The molecule has 31 heavy (non-hydrogen) atoms. The average Bonchev–Trinajstić information content (AvgIpc) is 3.24. The van der Waals surface area contributed by atoms with Gasteiger partial charge >= 0.3 is 0 Å². The molecule has 0 aliphatic carbocycles. The number of rotatable bonds is 10. The molecular weight excluding hydrogens is 390 g/mol. The van der Waals surface area contributed by atoms with E-state index in [9.17, 15) is 0 Å². The molecule has 1 aromatic carbocycles. The molecule has 0 radical (unpaired) electrons. The van der Waals surface area contributed by atoms with Gasteiger partial charge in [-0.3, -0.25) is 0 Å². The summed E-state index contributed by atoms with van der Waals surface area (Å²) in [6, 6.07) is 6.13. The molecule has 0 aliphatic heterocycles. The number of hydrogen-bond donors (Lipinski definition) is 2. The number of nitrogens with one attached hydrogen (secondary N) is 2. The fourth-order valence-corrected chi connectivity index (χ4v) is 3.37. The summed E-state index contributed by atoms with van der Waals surface area (Å²) in [6.45, 7) is 14.9. The molecule has 0 atom stereocenters. The number of hydrogen-bond acceptors (Lipinski definition) is 7. The second-order valence-corrected chi connectivity index (χ2v) is 7.94. The van der Waals surface area contributed by atoms with Crippen molar-refractivity contribution < 1.29 is 9.26 Å². The Bertz CT molecular complexity index is 1010. The van der Waals surface area contributed by atoms with Gasteiger partial charge in [0.05, 0.1) is 17.9 Å². The van der Waals surface area contributed by atoms with Crippen LogP contribution in [0.3, 0.4) is 0 Å². The van der Waals surface area contributed by atoms with E-state index in [0.29, 0.717) is 24.2 Å². The van der Waals surface area contributed by atoms with E-state index >= 15 is 0 Å². The lowest BCUT2D eigenvalue weighted by atomic mass is 10.0. The molecule has 0 aliphatic rings. The predicted octanol–water partition coefficient (Wildman–Crippen LogP) is 5.57. The SMILES string of the molecule is CCNc1cc(-c2nc(-c3cc(C)c(OCC(C)C)c(CC)c3)no2)cnc1NCC. The van der Waals surface area contributed by atoms with Crippen LogP contribution in [0.15, 0.2) is 28.9 Å². The van der Waals surface area contributed by atoms with Crippen molar-refractivity contribution in [3.8, 4) is 28.6 Å². The highest BCUT2D eigenvalue weighted by molar-refractivity contribution is 5.71. The minimum absolute atomic E-state index is 0.445. The molecule has 0 bridgehead atoms. The Labute approximate surface area is 184 Å². The number of aromatic nitrogens is 3. The van der Waals surface area contributed by atoms with Crippen LogP contribution in [0.5, 0.6) is 5.75 Å². The third kappa shape index (κ3) is 5.34. The summed E-state index contributed by atoms with van der Waals surface area (Å²) in [5.41, 5.74) is 4.84. The van der Waals surface area contributed by atoms with Gasteiger partial charge in [-0.25, -0.2) is 4.98 Å². The molecule has 2 aromatic heterocycles. The van der Waals surface area contributed by atoms with Gasteiger partial charge < -0.3 is 19.9 Å². The first-order valence-electron chi connectivity index (χ1n) is 11.0. The number of benzene rings is 1. The summed E-state index contributed by atoms with van der Waals surface area (Å²) in [6.07, 6.45) is 2.62. The molecule has 3 rings (SSSR count). The van der Waals surface area contributed by atoms with E-state index in [1.165, 1.54) is 0 Å². The van der Waals surface area contributed by atoms with Crippen molar-refractivity contribution in [3.05, 3.63) is 35.5 Å². The highest BCUT2D eigenvalue weighted by atomic mass is 16.5. The maximum atomic E-state index is 6.07. The number of ether oxygens (including phenoxy) is 1. The van der Waals surface area contributed by atoms with E-state index in [1.807, 2.05) is 13.0 Å². The van der Waals surface area contributed by atoms with Crippen LogP contribution in [0.4, 0.5) is 11.5 Å². The van der Waals surface area contributed by atoms with Crippen molar-refractivity contribution in [2.45, 2.75) is 48.0 Å². The molecular formula is C24H33N5O2. The van der Waals surface area contributed by atoms with Crippen molar-refractivity contribution in [3.63, 3.8) is 0 Å². The quantitative estimate of drug-likeness (QED) is 0.441. The second-order valence-electron chi connectivity index (χ2n) is 7.94. The van der Waals surface area contributed by atoms with Gasteiger partial charge in [0, 0.05) is 24.8 Å². The van der Waals surface area contributed by atoms with Crippen molar-refractivity contribution in [1.82, 2.24) is 15.1 Å². The van der Waals surface area contributed by atoms with Gasteiger partial charge in [-0.05, 0) is 62.4 Å². The van der Waals surface area contributed by atoms with Crippen LogP contribution in [0.1, 0.15) is 45.7 Å². The lowest BCUT2D eigenvalue weighted by Crippen LogP contribution is -2.07. The third-order valence-electron chi connectivity index (χ3n) is 4.82. The fourth-order valence-electron chi connectivity index (χ4n) is 3.37. The van der Waals surface area contributed by atoms with Gasteiger partial charge in [0.1, 0.15) is 11.6 Å². The Hall–Kier alpha value is -3.09.